The van der Waals surface area contributed by atoms with Gasteiger partial charge in [-0.1, -0.05) is 78.9 Å². The maximum Gasteiger partial charge on any atom is 0.0992 e. The first-order chi connectivity index (χ1) is 24.2. The summed E-state index contributed by atoms with van der Waals surface area (Å²) in [7, 11) is 0. The number of nitrogens with zero attached hydrogens (tertiary/aromatic N) is 4. The topological polar surface area (TPSA) is 57.4 Å². The first-order valence-electron chi connectivity index (χ1n) is 16.1. The van der Waals surface area contributed by atoms with Crippen LogP contribution in [-0.2, 0) is 0 Å². The van der Waals surface area contributed by atoms with Crippen LogP contribution in [0.3, 0.4) is 0 Å². The van der Waals surface area contributed by atoms with Crippen molar-refractivity contribution in [3.8, 4) is 34.6 Å². The third-order valence-electron chi connectivity index (χ3n) is 9.77. The third-order valence-corrected chi connectivity index (χ3v) is 11.0. The van der Waals surface area contributed by atoms with Crippen LogP contribution in [0.5, 0.6) is 0 Å². The summed E-state index contributed by atoms with van der Waals surface area (Å²) < 4.78 is 7.20. The highest BCUT2D eigenvalue weighted by Gasteiger charge is 2.21. The quantitative estimate of drug-likeness (QED) is 0.193. The summed E-state index contributed by atoms with van der Waals surface area (Å²) in [6.45, 7) is 0. The number of fused-ring (bicyclic) bond motifs is 10. The van der Waals surface area contributed by atoms with Crippen LogP contribution < -0.4 is 0 Å². The normalized spacial score (nSPS) is 11.6. The van der Waals surface area contributed by atoms with Gasteiger partial charge in [-0.3, -0.25) is 0 Å². The van der Waals surface area contributed by atoms with Gasteiger partial charge in [-0.15, -0.1) is 11.3 Å². The Morgan fingerprint density at radius 3 is 2.02 bits per heavy atom. The lowest BCUT2D eigenvalue weighted by Crippen LogP contribution is -1.99. The number of para-hydroxylation sites is 2. The molecular formula is C44H24N4S. The summed E-state index contributed by atoms with van der Waals surface area (Å²) in [6, 6.07) is 55.3. The number of rotatable bonds is 3. The Morgan fingerprint density at radius 1 is 0.469 bits per heavy atom. The Kier molecular flexibility index (Phi) is 5.84. The van der Waals surface area contributed by atoms with Gasteiger partial charge in [-0.05, 0) is 72.3 Å². The zero-order valence-electron chi connectivity index (χ0n) is 26.1. The van der Waals surface area contributed by atoms with E-state index in [-0.39, 0.29) is 0 Å². The maximum atomic E-state index is 10.0. The number of hydrogen-bond acceptors (Lipinski definition) is 3. The minimum atomic E-state index is 0.588. The number of hydrogen-bond donors (Lipinski definition) is 0. The molecule has 0 unspecified atom stereocenters. The fraction of sp³-hybridized carbons (Fsp3) is 0. The molecule has 3 heterocycles. The number of aromatic nitrogens is 2. The van der Waals surface area contributed by atoms with Crippen LogP contribution in [0.2, 0.25) is 0 Å². The zero-order chi connectivity index (χ0) is 32.6. The van der Waals surface area contributed by atoms with E-state index in [2.05, 4.69) is 124 Å². The number of thiophene rings is 1. The SMILES string of the molecule is N#Cc1ccc(-c2ccc3c4c5sc6ccccc6c5ccc4n(-c4ccccc4)c3c2)c(-n2c3ccccc3c3cc(C#N)ccc32)c1. The second-order valence-electron chi connectivity index (χ2n) is 12.4. The van der Waals surface area contributed by atoms with Crippen LogP contribution in [0, 0.1) is 22.7 Å². The van der Waals surface area contributed by atoms with Gasteiger partial charge in [0.05, 0.1) is 51.0 Å². The standard InChI is InChI=1S/C44H24N4S/c45-25-27-15-20-38-36(22-27)32-10-4-6-12-37(32)48(38)40-23-28(26-46)14-17-31(40)29-16-18-35-41(24-29)47(30-8-2-1-3-9-30)39-21-19-34-33-11-5-7-13-42(33)49-44(34)43(35)39/h1-24H. The largest absolute Gasteiger partial charge is 0.309 e. The molecule has 7 aromatic carbocycles. The predicted molar refractivity (Wildman–Crippen MR) is 203 cm³/mol. The van der Waals surface area contributed by atoms with Crippen molar-refractivity contribution in [3.63, 3.8) is 0 Å². The summed E-state index contributed by atoms with van der Waals surface area (Å²) in [5, 5.41) is 26.9. The van der Waals surface area contributed by atoms with Gasteiger partial charge in [0.25, 0.3) is 0 Å². The van der Waals surface area contributed by atoms with Gasteiger partial charge in [0.2, 0.25) is 0 Å². The van der Waals surface area contributed by atoms with Crippen LogP contribution in [0.1, 0.15) is 11.1 Å². The molecule has 10 aromatic rings. The van der Waals surface area contributed by atoms with Crippen LogP contribution in [0.4, 0.5) is 0 Å². The molecule has 0 bridgehead atoms. The minimum Gasteiger partial charge on any atom is -0.309 e. The summed E-state index contributed by atoms with van der Waals surface area (Å²) in [5.41, 5.74) is 9.62. The van der Waals surface area contributed by atoms with E-state index in [4.69, 9.17) is 0 Å². The summed E-state index contributed by atoms with van der Waals surface area (Å²) in [6.07, 6.45) is 0. The van der Waals surface area contributed by atoms with Crippen LogP contribution in [0.15, 0.2) is 146 Å². The minimum absolute atomic E-state index is 0.588. The summed E-state index contributed by atoms with van der Waals surface area (Å²) in [5.74, 6) is 0. The molecule has 0 aliphatic carbocycles. The van der Waals surface area contributed by atoms with Gasteiger partial charge in [0.15, 0.2) is 0 Å². The fourth-order valence-electron chi connectivity index (χ4n) is 7.64. The number of nitriles is 2. The molecule has 5 heteroatoms. The van der Waals surface area contributed by atoms with Gasteiger partial charge < -0.3 is 9.13 Å². The molecule has 0 N–H and O–H groups in total. The van der Waals surface area contributed by atoms with Gasteiger partial charge in [-0.25, -0.2) is 0 Å². The first kappa shape index (κ1) is 27.5. The third kappa shape index (κ3) is 3.95. The Bertz CT molecular complexity index is 3070. The first-order valence-corrected chi connectivity index (χ1v) is 17.0. The van der Waals surface area contributed by atoms with Gasteiger partial charge >= 0.3 is 0 Å². The van der Waals surface area contributed by atoms with Crippen molar-refractivity contribution in [2.45, 2.75) is 0 Å². The van der Waals surface area contributed by atoms with E-state index < -0.39 is 0 Å². The van der Waals surface area contributed by atoms with Crippen LogP contribution >= 0.6 is 11.3 Å². The van der Waals surface area contributed by atoms with Gasteiger partial charge in [-0.2, -0.15) is 10.5 Å². The Hall–Kier alpha value is -6.66. The molecular weight excluding hydrogens is 617 g/mol. The molecule has 3 aromatic heterocycles. The summed E-state index contributed by atoms with van der Waals surface area (Å²) in [4.78, 5) is 0. The zero-order valence-corrected chi connectivity index (χ0v) is 26.9. The molecule has 226 valence electrons. The molecule has 0 saturated carbocycles. The molecule has 0 amide bonds. The van der Waals surface area contributed by atoms with E-state index in [9.17, 15) is 10.5 Å². The molecule has 49 heavy (non-hydrogen) atoms. The highest BCUT2D eigenvalue weighted by atomic mass is 32.1. The Labute approximate surface area is 285 Å². The molecule has 0 spiro atoms. The molecule has 0 aliphatic heterocycles. The van der Waals surface area contributed by atoms with Crippen molar-refractivity contribution < 1.29 is 0 Å². The fourth-order valence-corrected chi connectivity index (χ4v) is 8.90. The lowest BCUT2D eigenvalue weighted by atomic mass is 9.99. The van der Waals surface area contributed by atoms with Crippen molar-refractivity contribution in [2.24, 2.45) is 0 Å². The maximum absolute atomic E-state index is 10.0. The van der Waals surface area contributed by atoms with Crippen molar-refractivity contribution in [1.82, 2.24) is 9.13 Å². The van der Waals surface area contributed by atoms with Gasteiger partial charge in [0.1, 0.15) is 0 Å². The lowest BCUT2D eigenvalue weighted by Gasteiger charge is -2.15. The van der Waals surface area contributed by atoms with Crippen molar-refractivity contribution in [1.29, 1.82) is 10.5 Å². The second kappa shape index (κ2) is 10.4. The monoisotopic (exact) mass is 640 g/mol. The molecule has 0 radical (unpaired) electrons. The Morgan fingerprint density at radius 2 is 1.16 bits per heavy atom. The van der Waals surface area contributed by atoms with E-state index in [1.165, 1.54) is 36.5 Å². The van der Waals surface area contributed by atoms with Crippen molar-refractivity contribution in [2.75, 3.05) is 0 Å². The van der Waals surface area contributed by atoms with Crippen LogP contribution in [-0.4, -0.2) is 9.13 Å². The highest BCUT2D eigenvalue weighted by Crippen LogP contribution is 2.45. The smallest absolute Gasteiger partial charge is 0.0992 e. The van der Waals surface area contributed by atoms with Crippen molar-refractivity contribution in [3.05, 3.63) is 157 Å². The van der Waals surface area contributed by atoms with Gasteiger partial charge in [0, 0.05) is 53.0 Å². The van der Waals surface area contributed by atoms with E-state index in [1.54, 1.807) is 0 Å². The molecule has 0 fully saturated rings. The molecule has 0 atom stereocenters. The molecule has 0 saturated heterocycles. The predicted octanol–water partition coefficient (Wildman–Crippen LogP) is 11.7. The molecule has 4 nitrogen and oxygen atoms in total. The molecule has 0 aliphatic rings. The second-order valence-corrected chi connectivity index (χ2v) is 13.4. The Balaban J connectivity index is 1.30. The van der Waals surface area contributed by atoms with E-state index in [0.29, 0.717) is 11.1 Å². The molecule has 10 rings (SSSR count). The number of benzene rings is 7. The van der Waals surface area contributed by atoms with Crippen LogP contribution in [0.25, 0.3) is 86.3 Å². The summed E-state index contributed by atoms with van der Waals surface area (Å²) >= 11 is 1.86. The van der Waals surface area contributed by atoms with E-state index in [1.807, 2.05) is 53.8 Å². The van der Waals surface area contributed by atoms with Crippen molar-refractivity contribution >= 4 is 75.1 Å². The average Bonchev–Trinajstić information content (AvgIpc) is 3.82. The lowest BCUT2D eigenvalue weighted by molar-refractivity contribution is 1.17. The van der Waals surface area contributed by atoms with E-state index >= 15 is 0 Å². The van der Waals surface area contributed by atoms with E-state index in [0.717, 1.165) is 49.8 Å². The average molecular weight is 641 g/mol. The highest BCUT2D eigenvalue weighted by molar-refractivity contribution is 7.26.